The van der Waals surface area contributed by atoms with Crippen molar-refractivity contribution in [2.24, 2.45) is 10.9 Å². The third kappa shape index (κ3) is 5.00. The fourth-order valence-corrected chi connectivity index (χ4v) is 2.80. The van der Waals surface area contributed by atoms with E-state index < -0.39 is 0 Å². The molecule has 2 aromatic rings. The van der Waals surface area contributed by atoms with Crippen molar-refractivity contribution in [3.63, 3.8) is 0 Å². The molecule has 0 bridgehead atoms. The molecule has 0 saturated heterocycles. The number of hydrogen-bond donors (Lipinski definition) is 1. The summed E-state index contributed by atoms with van der Waals surface area (Å²) in [6, 6.07) is 18.0. The second-order valence-electron chi connectivity index (χ2n) is 5.78. The molecule has 4 heteroatoms. The van der Waals surface area contributed by atoms with Crippen LogP contribution >= 0.6 is 11.6 Å². The summed E-state index contributed by atoms with van der Waals surface area (Å²) in [7, 11) is 0. The van der Waals surface area contributed by atoms with Crippen molar-refractivity contribution in [2.45, 2.75) is 12.8 Å². The van der Waals surface area contributed by atoms with Gasteiger partial charge < -0.3 is 10.1 Å². The molecule has 2 aromatic carbocycles. The maximum atomic E-state index is 5.85. The van der Waals surface area contributed by atoms with E-state index in [1.165, 1.54) is 5.56 Å². The zero-order valence-corrected chi connectivity index (χ0v) is 13.8. The van der Waals surface area contributed by atoms with Gasteiger partial charge in [0, 0.05) is 24.5 Å². The molecule has 1 aliphatic rings. The van der Waals surface area contributed by atoms with Crippen LogP contribution in [0.1, 0.15) is 12.0 Å². The molecule has 0 aliphatic carbocycles. The molecule has 1 atom stereocenters. The second-order valence-corrected chi connectivity index (χ2v) is 6.21. The first kappa shape index (κ1) is 15.9. The minimum Gasteiger partial charge on any atom is -0.493 e. The molecule has 1 heterocycles. The SMILES string of the molecule is Clc1ccc(OCCC2=NCC(Cc3ccccc3)CN2)cc1. The molecule has 1 aliphatic heterocycles. The lowest BCUT2D eigenvalue weighted by Gasteiger charge is -2.23. The van der Waals surface area contributed by atoms with E-state index in [0.29, 0.717) is 12.5 Å². The molecule has 1 unspecified atom stereocenters. The molecule has 0 saturated carbocycles. The van der Waals surface area contributed by atoms with Crippen molar-refractivity contribution in [2.75, 3.05) is 19.7 Å². The summed E-state index contributed by atoms with van der Waals surface area (Å²) in [4.78, 5) is 4.66. The van der Waals surface area contributed by atoms with Crippen LogP contribution in [-0.4, -0.2) is 25.5 Å². The summed E-state index contributed by atoms with van der Waals surface area (Å²) in [5, 5.41) is 4.16. The Kier molecular flexibility index (Phi) is 5.54. The Hall–Kier alpha value is -2.00. The predicted octanol–water partition coefficient (Wildman–Crippen LogP) is 3.97. The lowest BCUT2D eigenvalue weighted by Crippen LogP contribution is -2.37. The van der Waals surface area contributed by atoms with E-state index in [1.54, 1.807) is 0 Å². The maximum absolute atomic E-state index is 5.85. The van der Waals surface area contributed by atoms with Gasteiger partial charge in [0.1, 0.15) is 5.75 Å². The number of ether oxygens (including phenoxy) is 1. The standard InChI is InChI=1S/C19H21ClN2O/c20-17-6-8-18(9-7-17)23-11-10-19-21-13-16(14-22-19)12-15-4-2-1-3-5-15/h1-9,16H,10-14H2,(H,21,22). The van der Waals surface area contributed by atoms with Crippen LogP contribution in [0.15, 0.2) is 59.6 Å². The summed E-state index contributed by atoms with van der Waals surface area (Å²) < 4.78 is 5.71. The van der Waals surface area contributed by atoms with Gasteiger partial charge in [0.25, 0.3) is 0 Å². The highest BCUT2D eigenvalue weighted by molar-refractivity contribution is 6.30. The van der Waals surface area contributed by atoms with Gasteiger partial charge in [-0.25, -0.2) is 0 Å². The molecule has 0 aromatic heterocycles. The van der Waals surface area contributed by atoms with Gasteiger partial charge in [-0.05, 0) is 42.2 Å². The molecule has 0 fully saturated rings. The van der Waals surface area contributed by atoms with Gasteiger partial charge in [0.2, 0.25) is 0 Å². The first-order valence-corrected chi connectivity index (χ1v) is 8.37. The smallest absolute Gasteiger partial charge is 0.119 e. The van der Waals surface area contributed by atoms with Gasteiger partial charge in [0.05, 0.1) is 12.4 Å². The summed E-state index contributed by atoms with van der Waals surface area (Å²) in [5.74, 6) is 2.45. The summed E-state index contributed by atoms with van der Waals surface area (Å²) >= 11 is 5.85. The lowest BCUT2D eigenvalue weighted by molar-refractivity contribution is 0.326. The number of rotatable bonds is 6. The molecule has 0 spiro atoms. The first-order valence-electron chi connectivity index (χ1n) is 7.99. The summed E-state index contributed by atoms with van der Waals surface area (Å²) in [5.41, 5.74) is 1.38. The van der Waals surface area contributed by atoms with Crippen LogP contribution in [0.5, 0.6) is 5.75 Å². The third-order valence-electron chi connectivity index (χ3n) is 3.92. The normalized spacial score (nSPS) is 17.3. The van der Waals surface area contributed by atoms with Crippen LogP contribution in [0, 0.1) is 5.92 Å². The average Bonchev–Trinajstić information content (AvgIpc) is 2.59. The van der Waals surface area contributed by atoms with E-state index in [-0.39, 0.29) is 0 Å². The molecule has 120 valence electrons. The van der Waals surface area contributed by atoms with Crippen molar-refractivity contribution >= 4 is 17.4 Å². The van der Waals surface area contributed by atoms with Gasteiger partial charge in [-0.3, -0.25) is 4.99 Å². The molecule has 3 rings (SSSR count). The van der Waals surface area contributed by atoms with E-state index in [0.717, 1.165) is 42.5 Å². The van der Waals surface area contributed by atoms with E-state index in [1.807, 2.05) is 24.3 Å². The van der Waals surface area contributed by atoms with Gasteiger partial charge in [-0.15, -0.1) is 0 Å². The van der Waals surface area contributed by atoms with Crippen molar-refractivity contribution in [1.82, 2.24) is 5.32 Å². The van der Waals surface area contributed by atoms with Crippen LogP contribution < -0.4 is 10.1 Å². The summed E-state index contributed by atoms with van der Waals surface area (Å²) in [6.07, 6.45) is 1.88. The minimum atomic E-state index is 0.568. The first-order chi connectivity index (χ1) is 11.3. The highest BCUT2D eigenvalue weighted by Crippen LogP contribution is 2.16. The van der Waals surface area contributed by atoms with Gasteiger partial charge in [0.15, 0.2) is 0 Å². The van der Waals surface area contributed by atoms with Gasteiger partial charge >= 0.3 is 0 Å². The minimum absolute atomic E-state index is 0.568. The Morgan fingerprint density at radius 1 is 1.09 bits per heavy atom. The van der Waals surface area contributed by atoms with Crippen LogP contribution in [0.3, 0.4) is 0 Å². The highest BCUT2D eigenvalue weighted by atomic mass is 35.5. The molecular weight excluding hydrogens is 308 g/mol. The predicted molar refractivity (Wildman–Crippen MR) is 95.5 cm³/mol. The monoisotopic (exact) mass is 328 g/mol. The Morgan fingerprint density at radius 3 is 2.57 bits per heavy atom. The third-order valence-corrected chi connectivity index (χ3v) is 4.18. The fraction of sp³-hybridized carbons (Fsp3) is 0.316. The lowest BCUT2D eigenvalue weighted by atomic mass is 9.98. The molecular formula is C19H21ClN2O. The van der Waals surface area contributed by atoms with Crippen LogP contribution in [0.25, 0.3) is 0 Å². The van der Waals surface area contributed by atoms with E-state index in [9.17, 15) is 0 Å². The van der Waals surface area contributed by atoms with Crippen molar-refractivity contribution in [1.29, 1.82) is 0 Å². The number of halogens is 1. The number of nitrogens with zero attached hydrogens (tertiary/aromatic N) is 1. The molecule has 0 radical (unpaired) electrons. The average molecular weight is 329 g/mol. The quantitative estimate of drug-likeness (QED) is 0.870. The molecule has 1 N–H and O–H groups in total. The number of amidine groups is 1. The number of aliphatic imine (C=N–C) groups is 1. The van der Waals surface area contributed by atoms with E-state index in [4.69, 9.17) is 16.3 Å². The van der Waals surface area contributed by atoms with Crippen molar-refractivity contribution < 1.29 is 4.74 Å². The Bertz CT molecular complexity index is 640. The number of hydrogen-bond acceptors (Lipinski definition) is 3. The van der Waals surface area contributed by atoms with Crippen LogP contribution in [0.2, 0.25) is 5.02 Å². The van der Waals surface area contributed by atoms with Crippen molar-refractivity contribution in [3.8, 4) is 5.75 Å². The second kappa shape index (κ2) is 8.02. The molecule has 23 heavy (non-hydrogen) atoms. The topological polar surface area (TPSA) is 33.6 Å². The number of benzene rings is 2. The van der Waals surface area contributed by atoms with E-state index in [2.05, 4.69) is 40.6 Å². The Labute approximate surface area is 142 Å². The maximum Gasteiger partial charge on any atom is 0.119 e. The molecule has 3 nitrogen and oxygen atoms in total. The van der Waals surface area contributed by atoms with Crippen LogP contribution in [-0.2, 0) is 6.42 Å². The summed E-state index contributed by atoms with van der Waals surface area (Å²) in [6.45, 7) is 2.49. The van der Waals surface area contributed by atoms with Gasteiger partial charge in [-0.2, -0.15) is 0 Å². The van der Waals surface area contributed by atoms with Crippen molar-refractivity contribution in [3.05, 3.63) is 65.2 Å². The van der Waals surface area contributed by atoms with Gasteiger partial charge in [-0.1, -0.05) is 41.9 Å². The highest BCUT2D eigenvalue weighted by Gasteiger charge is 2.15. The molecule has 0 amide bonds. The van der Waals surface area contributed by atoms with Crippen LogP contribution in [0.4, 0.5) is 0 Å². The zero-order chi connectivity index (χ0) is 15.9. The number of nitrogens with one attached hydrogen (secondary N) is 1. The van der Waals surface area contributed by atoms with E-state index >= 15 is 0 Å². The Balaban J connectivity index is 1.41. The zero-order valence-electron chi connectivity index (χ0n) is 13.0. The Morgan fingerprint density at radius 2 is 1.87 bits per heavy atom. The fourth-order valence-electron chi connectivity index (χ4n) is 2.67. The largest absolute Gasteiger partial charge is 0.493 e.